The Hall–Kier alpha value is 0.0600. The van der Waals surface area contributed by atoms with Crippen LogP contribution in [-0.4, -0.2) is 6.16 Å². The highest BCUT2D eigenvalue weighted by molar-refractivity contribution is 7.37. The molecule has 0 heterocycles. The minimum Gasteiger partial charge on any atom is -0.612 e. The molecule has 3 heteroatoms. The van der Waals surface area contributed by atoms with E-state index in [4.69, 9.17) is 5.16 Å². The van der Waals surface area contributed by atoms with E-state index in [9.17, 15) is 4.89 Å². The number of hydrogen-bond acceptors (Lipinski definition) is 2. The molecule has 2 nitrogen and oxygen atoms in total. The van der Waals surface area contributed by atoms with Crippen LogP contribution >= 0.6 is 7.94 Å². The molecule has 1 unspecified atom stereocenters. The predicted octanol–water partition coefficient (Wildman–Crippen LogP) is 5.99. The second kappa shape index (κ2) is 16.1. The molecule has 0 rings (SSSR count). The summed E-state index contributed by atoms with van der Waals surface area (Å²) in [5.74, 6) is 0. The maximum absolute atomic E-state index is 10.6. The minimum atomic E-state index is -1.64. The van der Waals surface area contributed by atoms with Gasteiger partial charge in [0.25, 0.3) is 0 Å². The van der Waals surface area contributed by atoms with E-state index in [1.807, 2.05) is 0 Å². The van der Waals surface area contributed by atoms with E-state index >= 15 is 0 Å². The smallest absolute Gasteiger partial charge is 0.159 e. The lowest BCUT2D eigenvalue weighted by Crippen LogP contribution is -1.90. The van der Waals surface area contributed by atoms with E-state index in [0.29, 0.717) is 6.16 Å². The van der Waals surface area contributed by atoms with Crippen LogP contribution in [0.25, 0.3) is 0 Å². The minimum absolute atomic E-state index is 0.605. The Morgan fingerprint density at radius 1 is 0.632 bits per heavy atom. The molecule has 0 aromatic rings. The molecule has 0 aromatic heterocycles. The summed E-state index contributed by atoms with van der Waals surface area (Å²) < 4.78 is 0. The topological polar surface area (TPSA) is 46.9 Å². The SMILES string of the molecule is CCCCCCCCCCCCCCCC[P+](=N)[O-]. The third kappa shape index (κ3) is 18.1. The standard InChI is InChI=1S/C16H34NOP/c1-2-3-4-5-6-7-8-9-10-11-12-13-14-15-16-19(17)18/h17H,2-16H2,1H3. The first-order valence-corrected chi connectivity index (χ1v) is 9.87. The van der Waals surface area contributed by atoms with Gasteiger partial charge in [0.15, 0.2) is 7.94 Å². The Labute approximate surface area is 121 Å². The molecule has 0 saturated carbocycles. The van der Waals surface area contributed by atoms with Gasteiger partial charge in [-0.15, -0.1) is 5.16 Å². The lowest BCUT2D eigenvalue weighted by Gasteiger charge is -2.02. The van der Waals surface area contributed by atoms with Crippen LogP contribution in [0, 0.1) is 5.16 Å². The third-order valence-corrected chi connectivity index (χ3v) is 4.44. The Kier molecular flexibility index (Phi) is 16.2. The molecule has 0 aromatic carbocycles. The van der Waals surface area contributed by atoms with Gasteiger partial charge in [-0.3, -0.25) is 0 Å². The van der Waals surface area contributed by atoms with Crippen molar-refractivity contribution >= 4 is 7.94 Å². The molecule has 0 aliphatic heterocycles. The van der Waals surface area contributed by atoms with Gasteiger partial charge in [-0.25, -0.2) is 0 Å². The van der Waals surface area contributed by atoms with Crippen molar-refractivity contribution in [3.63, 3.8) is 0 Å². The first kappa shape index (κ1) is 19.1. The van der Waals surface area contributed by atoms with Gasteiger partial charge in [-0.05, 0) is 12.8 Å². The summed E-state index contributed by atoms with van der Waals surface area (Å²) in [4.78, 5) is 10.6. The molecule has 1 N–H and O–H groups in total. The molecule has 1 atom stereocenters. The maximum atomic E-state index is 10.6. The molecule has 0 bridgehead atoms. The second-order valence-electron chi connectivity index (χ2n) is 5.70. The molecule has 0 fully saturated rings. The van der Waals surface area contributed by atoms with Gasteiger partial charge >= 0.3 is 0 Å². The Bertz CT molecular complexity index is 197. The van der Waals surface area contributed by atoms with Crippen LogP contribution in [0.5, 0.6) is 0 Å². The van der Waals surface area contributed by atoms with Crippen molar-refractivity contribution in [2.45, 2.75) is 96.8 Å². The van der Waals surface area contributed by atoms with E-state index in [0.717, 1.165) is 12.8 Å². The van der Waals surface area contributed by atoms with Crippen molar-refractivity contribution < 1.29 is 4.89 Å². The van der Waals surface area contributed by atoms with Crippen LogP contribution < -0.4 is 4.89 Å². The zero-order chi connectivity index (χ0) is 14.2. The van der Waals surface area contributed by atoms with Crippen molar-refractivity contribution in [2.24, 2.45) is 0 Å². The Balaban J connectivity index is 2.93. The van der Waals surface area contributed by atoms with Crippen molar-refractivity contribution in [3.8, 4) is 0 Å². The number of rotatable bonds is 15. The van der Waals surface area contributed by atoms with Crippen LogP contribution in [0.4, 0.5) is 0 Å². The number of unbranched alkanes of at least 4 members (excludes halogenated alkanes) is 13. The monoisotopic (exact) mass is 287 g/mol. The van der Waals surface area contributed by atoms with Crippen molar-refractivity contribution in [1.29, 1.82) is 5.16 Å². The van der Waals surface area contributed by atoms with Crippen molar-refractivity contribution in [3.05, 3.63) is 0 Å². The normalized spacial score (nSPS) is 11.8. The molecule has 19 heavy (non-hydrogen) atoms. The average Bonchev–Trinajstić information content (AvgIpc) is 2.39. The van der Waals surface area contributed by atoms with E-state index in [2.05, 4.69) is 6.92 Å². The molecule has 0 aliphatic rings. The predicted molar refractivity (Wildman–Crippen MR) is 84.8 cm³/mol. The summed E-state index contributed by atoms with van der Waals surface area (Å²) in [6.45, 7) is 2.27. The fraction of sp³-hybridized carbons (Fsp3) is 1.00. The van der Waals surface area contributed by atoms with Gasteiger partial charge in [0.2, 0.25) is 0 Å². The Morgan fingerprint density at radius 3 is 1.26 bits per heavy atom. The highest BCUT2D eigenvalue weighted by Gasteiger charge is 1.96. The summed E-state index contributed by atoms with van der Waals surface area (Å²) >= 11 is 0. The molecule has 0 radical (unpaired) electrons. The van der Waals surface area contributed by atoms with Crippen molar-refractivity contribution in [1.82, 2.24) is 0 Å². The van der Waals surface area contributed by atoms with Crippen molar-refractivity contribution in [2.75, 3.05) is 6.16 Å². The summed E-state index contributed by atoms with van der Waals surface area (Å²) in [7, 11) is -1.64. The lowest BCUT2D eigenvalue weighted by atomic mass is 10.0. The first-order valence-electron chi connectivity index (χ1n) is 8.43. The highest BCUT2D eigenvalue weighted by Crippen LogP contribution is 2.15. The van der Waals surface area contributed by atoms with Gasteiger partial charge in [0.05, 0.1) is 0 Å². The van der Waals surface area contributed by atoms with E-state index in [-0.39, 0.29) is 0 Å². The van der Waals surface area contributed by atoms with Crippen LogP contribution in [0.2, 0.25) is 0 Å². The van der Waals surface area contributed by atoms with E-state index in [1.54, 1.807) is 0 Å². The second-order valence-corrected chi connectivity index (χ2v) is 6.90. The van der Waals surface area contributed by atoms with E-state index in [1.165, 1.54) is 77.0 Å². The molecule has 0 spiro atoms. The highest BCUT2D eigenvalue weighted by atomic mass is 31.1. The third-order valence-electron chi connectivity index (χ3n) is 3.71. The summed E-state index contributed by atoms with van der Waals surface area (Å²) in [6, 6.07) is 0. The van der Waals surface area contributed by atoms with Gasteiger partial charge < -0.3 is 4.89 Å². The van der Waals surface area contributed by atoms with Gasteiger partial charge in [-0.2, -0.15) is 0 Å². The average molecular weight is 287 g/mol. The zero-order valence-electron chi connectivity index (χ0n) is 13.0. The molecule has 114 valence electrons. The molecule has 0 amide bonds. The Morgan fingerprint density at radius 2 is 0.947 bits per heavy atom. The fourth-order valence-corrected chi connectivity index (χ4v) is 2.96. The van der Waals surface area contributed by atoms with Crippen LogP contribution in [0.3, 0.4) is 0 Å². The number of hydrogen-bond donors (Lipinski definition) is 1. The molecule has 0 saturated heterocycles. The van der Waals surface area contributed by atoms with Gasteiger partial charge in [-0.1, -0.05) is 84.0 Å². The summed E-state index contributed by atoms with van der Waals surface area (Å²) in [5.41, 5.74) is 0. The van der Waals surface area contributed by atoms with Crippen LogP contribution in [0.1, 0.15) is 96.8 Å². The van der Waals surface area contributed by atoms with Gasteiger partial charge in [0, 0.05) is 0 Å². The maximum Gasteiger partial charge on any atom is 0.159 e. The largest absolute Gasteiger partial charge is 0.612 e. The molecular formula is C16H34NOP. The lowest BCUT2D eigenvalue weighted by molar-refractivity contribution is -0.156. The zero-order valence-corrected chi connectivity index (χ0v) is 13.9. The summed E-state index contributed by atoms with van der Waals surface area (Å²) in [6.07, 6.45) is 19.4. The van der Waals surface area contributed by atoms with Gasteiger partial charge in [0.1, 0.15) is 6.16 Å². The van der Waals surface area contributed by atoms with Crippen LogP contribution in [0.15, 0.2) is 0 Å². The molecule has 0 aliphatic carbocycles. The number of nitrogens with one attached hydrogen (secondary N) is 1. The summed E-state index contributed by atoms with van der Waals surface area (Å²) in [5, 5.41) is 6.95. The fourth-order valence-electron chi connectivity index (χ4n) is 2.45. The van der Waals surface area contributed by atoms with E-state index < -0.39 is 7.94 Å². The quantitative estimate of drug-likeness (QED) is 0.292. The first-order chi connectivity index (χ1) is 9.27. The molecular weight excluding hydrogens is 253 g/mol. The van der Waals surface area contributed by atoms with Crippen LogP contribution in [-0.2, 0) is 0 Å².